The van der Waals surface area contributed by atoms with Crippen molar-refractivity contribution in [1.29, 1.82) is 0 Å². The van der Waals surface area contributed by atoms with E-state index in [0.717, 1.165) is 32.7 Å². The van der Waals surface area contributed by atoms with Gasteiger partial charge in [-0.3, -0.25) is 9.89 Å². The molecule has 2 rings (SSSR count). The Bertz CT molecular complexity index is 571. The summed E-state index contributed by atoms with van der Waals surface area (Å²) >= 11 is 3.30. The molecule has 20 heavy (non-hydrogen) atoms. The first kappa shape index (κ1) is 15.1. The summed E-state index contributed by atoms with van der Waals surface area (Å²) in [6.07, 6.45) is 0.330. The van der Waals surface area contributed by atoms with Crippen LogP contribution in [0.3, 0.4) is 0 Å². The first-order valence-corrected chi connectivity index (χ1v) is 8.31. The van der Waals surface area contributed by atoms with E-state index in [1.807, 2.05) is 19.2 Å². The van der Waals surface area contributed by atoms with Crippen molar-refractivity contribution in [2.45, 2.75) is 38.1 Å². The summed E-state index contributed by atoms with van der Waals surface area (Å²) in [7, 11) is 0. The molecular formula is C13H18N4OS2. The fourth-order valence-electron chi connectivity index (χ4n) is 1.81. The van der Waals surface area contributed by atoms with Crippen molar-refractivity contribution in [2.75, 3.05) is 5.75 Å². The first-order valence-electron chi connectivity index (χ1n) is 6.44. The van der Waals surface area contributed by atoms with E-state index in [-0.39, 0.29) is 5.91 Å². The van der Waals surface area contributed by atoms with Gasteiger partial charge in [-0.15, -0.1) is 11.3 Å². The van der Waals surface area contributed by atoms with E-state index in [1.165, 1.54) is 0 Å². The van der Waals surface area contributed by atoms with Crippen molar-refractivity contribution in [2.24, 2.45) is 0 Å². The summed E-state index contributed by atoms with van der Waals surface area (Å²) in [6.45, 7) is 6.48. The topological polar surface area (TPSA) is 70.7 Å². The van der Waals surface area contributed by atoms with Crippen molar-refractivity contribution in [3.63, 3.8) is 0 Å². The zero-order valence-electron chi connectivity index (χ0n) is 11.8. The van der Waals surface area contributed by atoms with Crippen LogP contribution in [0.5, 0.6) is 0 Å². The van der Waals surface area contributed by atoms with Crippen molar-refractivity contribution in [3.8, 4) is 0 Å². The smallest absolute Gasteiger partial charge is 0.226 e. The lowest BCUT2D eigenvalue weighted by Gasteiger charge is -2.04. The lowest BCUT2D eigenvalue weighted by Crippen LogP contribution is -2.25. The maximum absolute atomic E-state index is 11.9. The van der Waals surface area contributed by atoms with Gasteiger partial charge in [0, 0.05) is 23.2 Å². The Morgan fingerprint density at radius 2 is 2.30 bits per heavy atom. The fourth-order valence-corrected chi connectivity index (χ4v) is 3.55. The molecule has 2 aromatic rings. The number of aryl methyl sites for hydroxylation is 2. The van der Waals surface area contributed by atoms with Gasteiger partial charge in [-0.2, -0.15) is 5.10 Å². The SMILES string of the molecule is CCSc1nc(CC(=O)NCc2c(C)n[nH]c2C)cs1. The Morgan fingerprint density at radius 1 is 1.50 bits per heavy atom. The van der Waals surface area contributed by atoms with Gasteiger partial charge in [0.25, 0.3) is 0 Å². The van der Waals surface area contributed by atoms with E-state index in [9.17, 15) is 4.79 Å². The van der Waals surface area contributed by atoms with E-state index >= 15 is 0 Å². The van der Waals surface area contributed by atoms with E-state index < -0.39 is 0 Å². The highest BCUT2D eigenvalue weighted by Crippen LogP contribution is 2.22. The lowest BCUT2D eigenvalue weighted by atomic mass is 10.2. The van der Waals surface area contributed by atoms with Crippen LogP contribution in [-0.4, -0.2) is 26.8 Å². The molecule has 0 aromatic carbocycles. The number of nitrogens with zero attached hydrogens (tertiary/aromatic N) is 2. The van der Waals surface area contributed by atoms with Crippen molar-refractivity contribution < 1.29 is 4.79 Å². The molecule has 0 atom stereocenters. The number of hydrogen-bond acceptors (Lipinski definition) is 5. The van der Waals surface area contributed by atoms with Crippen LogP contribution < -0.4 is 5.32 Å². The predicted molar refractivity (Wildman–Crippen MR) is 82.1 cm³/mol. The monoisotopic (exact) mass is 310 g/mol. The Labute approximate surface area is 126 Å². The molecular weight excluding hydrogens is 292 g/mol. The van der Waals surface area contributed by atoms with Gasteiger partial charge < -0.3 is 5.32 Å². The number of aromatic amines is 1. The summed E-state index contributed by atoms with van der Waals surface area (Å²) in [6, 6.07) is 0. The van der Waals surface area contributed by atoms with Gasteiger partial charge in [0.15, 0.2) is 0 Å². The number of amides is 1. The van der Waals surface area contributed by atoms with Crippen LogP contribution in [0.1, 0.15) is 29.6 Å². The maximum atomic E-state index is 11.9. The van der Waals surface area contributed by atoms with Crippen LogP contribution in [0.2, 0.25) is 0 Å². The molecule has 2 N–H and O–H groups in total. The van der Waals surface area contributed by atoms with Crippen LogP contribution in [0.15, 0.2) is 9.72 Å². The molecule has 0 bridgehead atoms. The number of carbonyl (C=O) groups excluding carboxylic acids is 1. The van der Waals surface area contributed by atoms with Crippen molar-refractivity contribution in [3.05, 3.63) is 28.0 Å². The molecule has 0 aliphatic heterocycles. The van der Waals surface area contributed by atoms with Crippen LogP contribution in [0.25, 0.3) is 0 Å². The Balaban J connectivity index is 1.86. The van der Waals surface area contributed by atoms with E-state index in [0.29, 0.717) is 13.0 Å². The summed E-state index contributed by atoms with van der Waals surface area (Å²) in [5, 5.41) is 11.9. The Kier molecular flexibility index (Phi) is 5.19. The van der Waals surface area contributed by atoms with Gasteiger partial charge in [-0.25, -0.2) is 4.98 Å². The molecule has 0 fully saturated rings. The highest BCUT2D eigenvalue weighted by molar-refractivity contribution is 8.00. The number of rotatable bonds is 6. The van der Waals surface area contributed by atoms with Gasteiger partial charge in [0.1, 0.15) is 4.34 Å². The van der Waals surface area contributed by atoms with Gasteiger partial charge in [0.05, 0.1) is 17.8 Å². The third-order valence-corrected chi connectivity index (χ3v) is 4.84. The number of H-pyrrole nitrogens is 1. The third kappa shape index (κ3) is 3.83. The van der Waals surface area contributed by atoms with Gasteiger partial charge in [-0.1, -0.05) is 18.7 Å². The molecule has 0 radical (unpaired) electrons. The average molecular weight is 310 g/mol. The molecule has 0 aliphatic rings. The number of hydrogen-bond donors (Lipinski definition) is 2. The first-order chi connectivity index (χ1) is 9.60. The molecule has 7 heteroatoms. The largest absolute Gasteiger partial charge is 0.352 e. The number of carbonyl (C=O) groups is 1. The van der Waals surface area contributed by atoms with E-state index in [4.69, 9.17) is 0 Å². The second-order valence-corrected chi connectivity index (χ2v) is 6.77. The second kappa shape index (κ2) is 6.90. The molecule has 108 valence electrons. The number of aromatic nitrogens is 3. The molecule has 0 unspecified atom stereocenters. The molecule has 2 aromatic heterocycles. The van der Waals surface area contributed by atoms with Gasteiger partial charge in [-0.05, 0) is 19.6 Å². The normalized spacial score (nSPS) is 10.8. The number of thiazole rings is 1. The zero-order valence-corrected chi connectivity index (χ0v) is 13.5. The minimum Gasteiger partial charge on any atom is -0.352 e. The standard InChI is InChI=1S/C13H18N4OS2/c1-4-19-13-15-10(7-20-13)5-12(18)14-6-11-8(2)16-17-9(11)3/h7H,4-6H2,1-3H3,(H,14,18)(H,16,17). The summed E-state index contributed by atoms with van der Waals surface area (Å²) in [5.74, 6) is 0.987. The summed E-state index contributed by atoms with van der Waals surface area (Å²) in [4.78, 5) is 16.3. The number of thioether (sulfide) groups is 1. The van der Waals surface area contributed by atoms with Gasteiger partial charge in [0.2, 0.25) is 5.91 Å². The molecule has 0 saturated heterocycles. The molecule has 0 saturated carbocycles. The number of nitrogens with one attached hydrogen (secondary N) is 2. The average Bonchev–Trinajstić information content (AvgIpc) is 2.96. The van der Waals surface area contributed by atoms with Crippen molar-refractivity contribution in [1.82, 2.24) is 20.5 Å². The quantitative estimate of drug-likeness (QED) is 0.804. The fraction of sp³-hybridized carbons (Fsp3) is 0.462. The van der Waals surface area contributed by atoms with Crippen LogP contribution >= 0.6 is 23.1 Å². The highest BCUT2D eigenvalue weighted by Gasteiger charge is 2.10. The summed E-state index contributed by atoms with van der Waals surface area (Å²) in [5.41, 5.74) is 3.82. The Hall–Kier alpha value is -1.34. The molecule has 1 amide bonds. The van der Waals surface area contributed by atoms with E-state index in [2.05, 4.69) is 27.4 Å². The minimum atomic E-state index is -0.0108. The van der Waals surface area contributed by atoms with Crippen LogP contribution in [-0.2, 0) is 17.8 Å². The summed E-state index contributed by atoms with van der Waals surface area (Å²) < 4.78 is 1.02. The highest BCUT2D eigenvalue weighted by atomic mass is 32.2. The molecule has 0 aliphatic carbocycles. The molecule has 0 spiro atoms. The van der Waals surface area contributed by atoms with Crippen LogP contribution in [0.4, 0.5) is 0 Å². The molecule has 2 heterocycles. The Morgan fingerprint density at radius 3 is 2.95 bits per heavy atom. The minimum absolute atomic E-state index is 0.0108. The predicted octanol–water partition coefficient (Wildman–Crippen LogP) is 2.45. The second-order valence-electron chi connectivity index (χ2n) is 4.40. The van der Waals surface area contributed by atoms with Gasteiger partial charge >= 0.3 is 0 Å². The lowest BCUT2D eigenvalue weighted by molar-refractivity contribution is -0.120. The molecule has 5 nitrogen and oxygen atoms in total. The van der Waals surface area contributed by atoms with Crippen LogP contribution in [0, 0.1) is 13.8 Å². The third-order valence-electron chi connectivity index (χ3n) is 2.88. The maximum Gasteiger partial charge on any atom is 0.226 e. The zero-order chi connectivity index (χ0) is 14.5. The van der Waals surface area contributed by atoms with E-state index in [1.54, 1.807) is 23.1 Å². The van der Waals surface area contributed by atoms with Crippen molar-refractivity contribution >= 4 is 29.0 Å².